The molecule has 0 aliphatic carbocycles. The first-order valence-corrected chi connectivity index (χ1v) is 7.41. The zero-order chi connectivity index (χ0) is 16.6. The summed E-state index contributed by atoms with van der Waals surface area (Å²) in [7, 11) is 0. The van der Waals surface area contributed by atoms with E-state index < -0.39 is 33.4 Å². The molecule has 0 atom stereocenters. The minimum atomic E-state index is -1.47. The Balaban J connectivity index is 0.00000208. The molecule has 0 N–H and O–H groups in total. The largest absolute Gasteiger partial charge is 1.00 e. The third kappa shape index (κ3) is 3.39. The molecule has 2 aromatic carbocycles. The molecule has 0 radical (unpaired) electrons. The van der Waals surface area contributed by atoms with Crippen LogP contribution in [0.1, 0.15) is 5.56 Å². The van der Waals surface area contributed by atoms with Crippen LogP contribution in [0.2, 0.25) is 0 Å². The molecule has 0 saturated carbocycles. The maximum atomic E-state index is 14.0. The van der Waals surface area contributed by atoms with Gasteiger partial charge in [-0.2, -0.15) is 13.3 Å². The first-order valence-electron chi connectivity index (χ1n) is 6.62. The summed E-state index contributed by atoms with van der Waals surface area (Å²) in [6, 6.07) is 9.39. The molecule has 0 unspecified atom stereocenters. The van der Waals surface area contributed by atoms with Crippen molar-refractivity contribution in [3.63, 3.8) is 0 Å². The van der Waals surface area contributed by atoms with E-state index in [1.54, 1.807) is 10.8 Å². The van der Waals surface area contributed by atoms with Crippen LogP contribution < -0.4 is 21.5 Å². The fraction of sp³-hybridized carbons (Fsp3) is 0.0625. The Morgan fingerprint density at radius 3 is 2.08 bits per heavy atom. The van der Waals surface area contributed by atoms with E-state index in [-0.39, 0.29) is 17.0 Å². The quantitative estimate of drug-likeness (QED) is 0.237. The SMILES string of the molecule is Fc1c(F)c(-n2cc[n+](Cc3ccccc3)c2)c(F)c(F)c1Br.[Br-]. The molecule has 3 rings (SSSR count). The topological polar surface area (TPSA) is 8.81 Å². The van der Waals surface area contributed by atoms with Gasteiger partial charge in [0.2, 0.25) is 23.6 Å². The number of imidazole rings is 1. The minimum Gasteiger partial charge on any atom is -1.00 e. The van der Waals surface area contributed by atoms with Crippen LogP contribution in [0, 0.1) is 23.3 Å². The molecule has 0 bridgehead atoms. The van der Waals surface area contributed by atoms with Crippen LogP contribution >= 0.6 is 15.9 Å². The standard InChI is InChI=1S/C16H10BrF4N2.BrH/c17-11-12(18)14(20)16(15(21)13(11)19)23-7-6-22(9-23)8-10-4-2-1-3-5-10;/h1-7,9H,8H2;1H/q+1;/p-1. The van der Waals surface area contributed by atoms with Gasteiger partial charge in [-0.05, 0) is 21.5 Å². The van der Waals surface area contributed by atoms with Gasteiger partial charge >= 0.3 is 0 Å². The van der Waals surface area contributed by atoms with E-state index in [4.69, 9.17) is 0 Å². The van der Waals surface area contributed by atoms with Crippen molar-refractivity contribution >= 4 is 15.9 Å². The lowest BCUT2D eigenvalue weighted by Crippen LogP contribution is -3.00. The lowest BCUT2D eigenvalue weighted by Gasteiger charge is -2.05. The summed E-state index contributed by atoms with van der Waals surface area (Å²) >= 11 is 2.49. The summed E-state index contributed by atoms with van der Waals surface area (Å²) in [5.74, 6) is -5.86. The average Bonchev–Trinajstić information content (AvgIpc) is 3.00. The molecule has 1 heterocycles. The first kappa shape index (κ1) is 18.7. The highest BCUT2D eigenvalue weighted by Gasteiger charge is 2.28. The van der Waals surface area contributed by atoms with Gasteiger partial charge in [0.25, 0.3) is 0 Å². The molecule has 3 aromatic rings. The molecule has 0 saturated heterocycles. The zero-order valence-corrected chi connectivity index (χ0v) is 15.2. The predicted octanol–water partition coefficient (Wildman–Crippen LogP) is 1.14. The lowest BCUT2D eigenvalue weighted by atomic mass is 10.2. The number of benzene rings is 2. The lowest BCUT2D eigenvalue weighted by molar-refractivity contribution is -0.687. The summed E-state index contributed by atoms with van der Waals surface area (Å²) in [5, 5.41) is 0. The smallest absolute Gasteiger partial charge is 0.249 e. The van der Waals surface area contributed by atoms with Crippen molar-refractivity contribution in [2.24, 2.45) is 0 Å². The summed E-state index contributed by atoms with van der Waals surface area (Å²) in [5.41, 5.74) is 0.180. The number of hydrogen-bond donors (Lipinski definition) is 0. The van der Waals surface area contributed by atoms with Gasteiger partial charge < -0.3 is 17.0 Å². The number of halogens is 6. The van der Waals surface area contributed by atoms with Gasteiger partial charge in [-0.15, -0.1) is 0 Å². The molecule has 126 valence electrons. The Morgan fingerprint density at radius 2 is 1.50 bits per heavy atom. The van der Waals surface area contributed by atoms with E-state index in [0.29, 0.717) is 6.54 Å². The van der Waals surface area contributed by atoms with Gasteiger partial charge in [-0.3, -0.25) is 0 Å². The van der Waals surface area contributed by atoms with Gasteiger partial charge in [0.05, 0.1) is 4.47 Å². The molecule has 1 aromatic heterocycles. The second kappa shape index (κ2) is 7.48. The van der Waals surface area contributed by atoms with E-state index in [0.717, 1.165) is 10.1 Å². The van der Waals surface area contributed by atoms with Crippen LogP contribution in [0.5, 0.6) is 0 Å². The fourth-order valence-electron chi connectivity index (χ4n) is 2.23. The molecule has 0 fully saturated rings. The minimum absolute atomic E-state index is 0. The molecule has 0 aliphatic heterocycles. The van der Waals surface area contributed by atoms with Gasteiger partial charge in [0, 0.05) is 0 Å². The maximum absolute atomic E-state index is 14.0. The van der Waals surface area contributed by atoms with Gasteiger partial charge in [0.1, 0.15) is 18.9 Å². The van der Waals surface area contributed by atoms with E-state index in [1.165, 1.54) is 12.5 Å². The Morgan fingerprint density at radius 1 is 0.917 bits per heavy atom. The van der Waals surface area contributed by atoms with E-state index in [1.807, 2.05) is 30.3 Å². The Bertz CT molecular complexity index is 837. The first-order chi connectivity index (χ1) is 11.0. The normalized spacial score (nSPS) is 10.5. The summed E-state index contributed by atoms with van der Waals surface area (Å²) < 4.78 is 57.0. The van der Waals surface area contributed by atoms with Crippen LogP contribution in [-0.4, -0.2) is 4.57 Å². The van der Waals surface area contributed by atoms with Gasteiger partial charge in [0.15, 0.2) is 11.6 Å². The highest BCUT2D eigenvalue weighted by Crippen LogP contribution is 2.30. The van der Waals surface area contributed by atoms with Gasteiger partial charge in [-0.25, -0.2) is 13.3 Å². The van der Waals surface area contributed by atoms with E-state index in [2.05, 4.69) is 15.9 Å². The van der Waals surface area contributed by atoms with Gasteiger partial charge in [-0.1, -0.05) is 30.3 Å². The van der Waals surface area contributed by atoms with Crippen LogP contribution in [0.4, 0.5) is 17.6 Å². The number of hydrogen-bond acceptors (Lipinski definition) is 0. The maximum Gasteiger partial charge on any atom is 0.249 e. The van der Waals surface area contributed by atoms with Crippen molar-refractivity contribution < 1.29 is 39.1 Å². The third-order valence-corrected chi connectivity index (χ3v) is 4.04. The molecule has 24 heavy (non-hydrogen) atoms. The third-order valence-electron chi connectivity index (χ3n) is 3.34. The second-order valence-corrected chi connectivity index (χ2v) is 5.69. The monoisotopic (exact) mass is 464 g/mol. The molecule has 8 heteroatoms. The van der Waals surface area contributed by atoms with Crippen molar-refractivity contribution in [2.75, 3.05) is 0 Å². The molecule has 0 amide bonds. The Labute approximate surface area is 154 Å². The van der Waals surface area contributed by atoms with Crippen molar-refractivity contribution in [2.45, 2.75) is 6.54 Å². The number of aromatic nitrogens is 2. The van der Waals surface area contributed by atoms with E-state index in [9.17, 15) is 17.6 Å². The highest BCUT2D eigenvalue weighted by molar-refractivity contribution is 9.10. The number of rotatable bonds is 3. The predicted molar refractivity (Wildman–Crippen MR) is 79.0 cm³/mol. The molecule has 0 spiro atoms. The fourth-order valence-corrected chi connectivity index (χ4v) is 2.58. The van der Waals surface area contributed by atoms with Crippen molar-refractivity contribution in [3.05, 3.63) is 82.4 Å². The number of nitrogens with zero attached hydrogens (tertiary/aromatic N) is 2. The van der Waals surface area contributed by atoms with E-state index >= 15 is 0 Å². The second-order valence-electron chi connectivity index (χ2n) is 4.90. The van der Waals surface area contributed by atoms with Crippen molar-refractivity contribution in [3.8, 4) is 5.69 Å². The highest BCUT2D eigenvalue weighted by atomic mass is 79.9. The average molecular weight is 466 g/mol. The van der Waals surface area contributed by atoms with Crippen molar-refractivity contribution in [1.82, 2.24) is 4.57 Å². The Hall–Kier alpha value is -1.67. The molecular weight excluding hydrogens is 456 g/mol. The van der Waals surface area contributed by atoms with Crippen molar-refractivity contribution in [1.29, 1.82) is 0 Å². The molecule has 2 nitrogen and oxygen atoms in total. The molecular formula is C16H10Br2F4N2. The van der Waals surface area contributed by atoms with Crippen LogP contribution in [0.15, 0.2) is 53.5 Å². The van der Waals surface area contributed by atoms with Crippen LogP contribution in [-0.2, 0) is 6.54 Å². The van der Waals surface area contributed by atoms with Crippen LogP contribution in [0.25, 0.3) is 5.69 Å². The van der Waals surface area contributed by atoms with Crippen LogP contribution in [0.3, 0.4) is 0 Å². The molecule has 0 aliphatic rings. The Kier molecular flexibility index (Phi) is 5.82. The summed E-state index contributed by atoms with van der Waals surface area (Å²) in [6.07, 6.45) is 4.25. The summed E-state index contributed by atoms with van der Waals surface area (Å²) in [4.78, 5) is 0. The zero-order valence-electron chi connectivity index (χ0n) is 12.0. The summed E-state index contributed by atoms with van der Waals surface area (Å²) in [6.45, 7) is 0.457.